The Kier molecular flexibility index (Phi) is 4.33. The van der Waals surface area contributed by atoms with Gasteiger partial charge in [-0.25, -0.2) is 15.0 Å². The largest absolute Gasteiger partial charge is 0.487 e. The molecule has 0 saturated heterocycles. The van der Waals surface area contributed by atoms with Gasteiger partial charge < -0.3 is 15.0 Å². The van der Waals surface area contributed by atoms with Crippen LogP contribution in [0, 0.1) is 6.92 Å². The van der Waals surface area contributed by atoms with E-state index >= 15 is 0 Å². The maximum Gasteiger partial charge on any atom is 0.133 e. The molecule has 1 aliphatic rings. The molecule has 0 radical (unpaired) electrons. The predicted molar refractivity (Wildman–Crippen MR) is 95.7 cm³/mol. The van der Waals surface area contributed by atoms with Crippen molar-refractivity contribution in [2.24, 2.45) is 0 Å². The molecule has 3 heterocycles. The van der Waals surface area contributed by atoms with Crippen LogP contribution in [0.3, 0.4) is 0 Å². The molecule has 1 aromatic carbocycles. The molecule has 3 aromatic rings. The highest BCUT2D eigenvalue weighted by molar-refractivity contribution is 5.52. The van der Waals surface area contributed by atoms with E-state index in [0.717, 1.165) is 60.3 Å². The summed E-state index contributed by atoms with van der Waals surface area (Å²) in [5.41, 5.74) is 3.28. The number of nitrogens with one attached hydrogen (secondary N) is 2. The molecule has 1 aliphatic heterocycles. The van der Waals surface area contributed by atoms with Crippen molar-refractivity contribution in [3.8, 4) is 5.75 Å². The number of anilines is 1. The second-order valence-corrected chi connectivity index (χ2v) is 6.18. The van der Waals surface area contributed by atoms with Crippen LogP contribution in [-0.4, -0.2) is 26.5 Å². The third-order valence-corrected chi connectivity index (χ3v) is 4.35. The highest BCUT2D eigenvalue weighted by Crippen LogP contribution is 2.30. The van der Waals surface area contributed by atoms with Crippen molar-refractivity contribution in [1.82, 2.24) is 19.9 Å². The molecule has 128 valence electrons. The molecule has 0 unspecified atom stereocenters. The van der Waals surface area contributed by atoms with E-state index < -0.39 is 0 Å². The first kappa shape index (κ1) is 15.6. The molecule has 0 spiro atoms. The highest BCUT2D eigenvalue weighted by atomic mass is 16.5. The van der Waals surface area contributed by atoms with Gasteiger partial charge >= 0.3 is 0 Å². The van der Waals surface area contributed by atoms with E-state index in [4.69, 9.17) is 4.74 Å². The first-order chi connectivity index (χ1) is 12.3. The summed E-state index contributed by atoms with van der Waals surface area (Å²) >= 11 is 0. The van der Waals surface area contributed by atoms with Crippen LogP contribution < -0.4 is 10.1 Å². The first-order valence-corrected chi connectivity index (χ1v) is 8.59. The fourth-order valence-corrected chi connectivity index (χ4v) is 3.13. The van der Waals surface area contributed by atoms with Crippen LogP contribution in [0.5, 0.6) is 5.75 Å². The molecular weight excluding hydrogens is 314 g/mol. The molecule has 0 atom stereocenters. The zero-order valence-corrected chi connectivity index (χ0v) is 14.2. The molecule has 6 nitrogen and oxygen atoms in total. The molecule has 0 fully saturated rings. The van der Waals surface area contributed by atoms with Crippen LogP contribution in [0.1, 0.15) is 34.9 Å². The van der Waals surface area contributed by atoms with Crippen LogP contribution in [0.2, 0.25) is 0 Å². The van der Waals surface area contributed by atoms with E-state index in [9.17, 15) is 0 Å². The van der Waals surface area contributed by atoms with Crippen LogP contribution in [-0.2, 0) is 19.4 Å². The summed E-state index contributed by atoms with van der Waals surface area (Å²) in [6, 6.07) is 8.15. The van der Waals surface area contributed by atoms with Crippen molar-refractivity contribution in [2.75, 3.05) is 11.9 Å². The van der Waals surface area contributed by atoms with Gasteiger partial charge in [-0.2, -0.15) is 0 Å². The third kappa shape index (κ3) is 3.47. The maximum atomic E-state index is 5.93. The van der Waals surface area contributed by atoms with E-state index in [-0.39, 0.29) is 0 Å². The second-order valence-electron chi connectivity index (χ2n) is 6.18. The molecule has 0 saturated carbocycles. The SMILES string of the molecule is Cc1nc2c(c(NCCCc3ncc[nH]3)n1)Cc1ccccc1OC2. The van der Waals surface area contributed by atoms with Crippen molar-refractivity contribution in [2.45, 2.75) is 32.8 Å². The molecule has 0 amide bonds. The van der Waals surface area contributed by atoms with Gasteiger partial charge in [-0.3, -0.25) is 0 Å². The number of rotatable bonds is 5. The Morgan fingerprint density at radius 3 is 3.04 bits per heavy atom. The number of ether oxygens (including phenoxy) is 1. The Labute approximate surface area is 146 Å². The quantitative estimate of drug-likeness (QED) is 0.701. The Morgan fingerprint density at radius 2 is 2.16 bits per heavy atom. The van der Waals surface area contributed by atoms with Gasteiger partial charge in [0, 0.05) is 37.3 Å². The van der Waals surface area contributed by atoms with Gasteiger partial charge in [0.2, 0.25) is 0 Å². The van der Waals surface area contributed by atoms with Crippen molar-refractivity contribution >= 4 is 5.82 Å². The zero-order chi connectivity index (χ0) is 17.1. The van der Waals surface area contributed by atoms with Crippen molar-refractivity contribution < 1.29 is 4.74 Å². The Bertz CT molecular complexity index is 860. The molecule has 25 heavy (non-hydrogen) atoms. The molecule has 2 N–H and O–H groups in total. The number of H-pyrrole nitrogens is 1. The first-order valence-electron chi connectivity index (χ1n) is 8.59. The summed E-state index contributed by atoms with van der Waals surface area (Å²) in [6.07, 6.45) is 6.32. The molecule has 0 bridgehead atoms. The number of para-hydroxylation sites is 1. The van der Waals surface area contributed by atoms with E-state index in [1.165, 1.54) is 5.56 Å². The van der Waals surface area contributed by atoms with Gasteiger partial charge in [-0.1, -0.05) is 18.2 Å². The lowest BCUT2D eigenvalue weighted by Gasteiger charge is -2.13. The zero-order valence-electron chi connectivity index (χ0n) is 14.2. The third-order valence-electron chi connectivity index (χ3n) is 4.35. The Morgan fingerprint density at radius 1 is 1.24 bits per heavy atom. The average molecular weight is 335 g/mol. The van der Waals surface area contributed by atoms with Crippen molar-refractivity contribution in [1.29, 1.82) is 0 Å². The molecule has 0 aliphatic carbocycles. The van der Waals surface area contributed by atoms with Crippen LogP contribution in [0.25, 0.3) is 0 Å². The molecule has 2 aromatic heterocycles. The minimum absolute atomic E-state index is 0.483. The number of benzene rings is 1. The summed E-state index contributed by atoms with van der Waals surface area (Å²) in [6.45, 7) is 3.25. The fraction of sp³-hybridized carbons (Fsp3) is 0.316. The Hall–Kier alpha value is -2.89. The summed E-state index contributed by atoms with van der Waals surface area (Å²) in [4.78, 5) is 16.6. The molecular formula is C19H21N5O. The minimum atomic E-state index is 0.483. The lowest BCUT2D eigenvalue weighted by atomic mass is 10.0. The van der Waals surface area contributed by atoms with Crippen molar-refractivity contribution in [3.63, 3.8) is 0 Å². The topological polar surface area (TPSA) is 75.7 Å². The van der Waals surface area contributed by atoms with Gasteiger partial charge in [-0.05, 0) is 25.0 Å². The number of aryl methyl sites for hydroxylation is 2. The summed E-state index contributed by atoms with van der Waals surface area (Å²) in [5.74, 6) is 3.63. The van der Waals surface area contributed by atoms with Gasteiger partial charge in [0.15, 0.2) is 0 Å². The van der Waals surface area contributed by atoms with Crippen molar-refractivity contribution in [3.05, 3.63) is 65.1 Å². The normalized spacial score (nSPS) is 12.7. The summed E-state index contributed by atoms with van der Waals surface area (Å²) in [5, 5.41) is 3.49. The number of fused-ring (bicyclic) bond motifs is 2. The number of hydrogen-bond acceptors (Lipinski definition) is 5. The number of aromatic nitrogens is 4. The second kappa shape index (κ2) is 6.93. The minimum Gasteiger partial charge on any atom is -0.487 e. The van der Waals surface area contributed by atoms with Crippen LogP contribution in [0.4, 0.5) is 5.82 Å². The standard InChI is InChI=1S/C19H21N5O/c1-13-23-16-12-25-17-6-3-2-5-14(17)11-15(16)19(24-13)22-8-4-7-18-20-9-10-21-18/h2-3,5-6,9-10H,4,7-8,11-12H2,1H3,(H,20,21)(H,22,23,24). The summed E-state index contributed by atoms with van der Waals surface area (Å²) < 4.78 is 5.93. The number of imidazole rings is 1. The maximum absolute atomic E-state index is 5.93. The highest BCUT2D eigenvalue weighted by Gasteiger charge is 2.19. The van der Waals surface area contributed by atoms with Gasteiger partial charge in [0.1, 0.15) is 29.8 Å². The van der Waals surface area contributed by atoms with E-state index in [1.807, 2.05) is 31.3 Å². The van der Waals surface area contributed by atoms with E-state index in [2.05, 4.69) is 31.3 Å². The lowest BCUT2D eigenvalue weighted by molar-refractivity contribution is 0.302. The van der Waals surface area contributed by atoms with Gasteiger partial charge in [-0.15, -0.1) is 0 Å². The Balaban J connectivity index is 1.52. The molecule has 6 heteroatoms. The smallest absolute Gasteiger partial charge is 0.133 e. The van der Waals surface area contributed by atoms with E-state index in [1.54, 1.807) is 6.20 Å². The van der Waals surface area contributed by atoms with Gasteiger partial charge in [0.25, 0.3) is 0 Å². The summed E-state index contributed by atoms with van der Waals surface area (Å²) in [7, 11) is 0. The van der Waals surface area contributed by atoms with Crippen LogP contribution in [0.15, 0.2) is 36.7 Å². The monoisotopic (exact) mass is 335 g/mol. The van der Waals surface area contributed by atoms with E-state index in [0.29, 0.717) is 6.61 Å². The predicted octanol–water partition coefficient (Wildman–Crippen LogP) is 3.04. The number of aromatic amines is 1. The molecule has 4 rings (SSSR count). The number of hydrogen-bond donors (Lipinski definition) is 2. The number of nitrogens with zero attached hydrogens (tertiary/aromatic N) is 3. The van der Waals surface area contributed by atoms with Gasteiger partial charge in [0.05, 0.1) is 5.69 Å². The fourth-order valence-electron chi connectivity index (χ4n) is 3.13. The average Bonchev–Trinajstić information content (AvgIpc) is 3.06. The van der Waals surface area contributed by atoms with Crippen LogP contribution >= 0.6 is 0 Å². The lowest BCUT2D eigenvalue weighted by Crippen LogP contribution is -2.12.